The Morgan fingerprint density at radius 2 is 1.04 bits per heavy atom. The van der Waals surface area contributed by atoms with Gasteiger partial charge in [-0.05, 0) is 0 Å². The molecule has 4 N–H and O–H groups in total. The van der Waals surface area contributed by atoms with Crippen LogP contribution in [0.2, 0.25) is 0 Å². The molecule has 0 bridgehead atoms. The van der Waals surface area contributed by atoms with Crippen LogP contribution < -0.4 is 5.32 Å². The average Bonchev–Trinajstić information content (AvgIpc) is 2.86. The second-order valence-electron chi connectivity index (χ2n) is 9.66. The summed E-state index contributed by atoms with van der Waals surface area (Å²) < 4.78 is 110. The van der Waals surface area contributed by atoms with E-state index in [9.17, 15) is 45.9 Å². The minimum atomic E-state index is -5.17. The Hall–Kier alpha value is -3.07. The number of nitrogens with one attached hydrogen (secondary N) is 1. The van der Waals surface area contributed by atoms with Crippen LogP contribution in [0.25, 0.3) is 0 Å². The predicted octanol–water partition coefficient (Wildman–Crippen LogP) is -3.32. The molecule has 24 heteroatoms. The van der Waals surface area contributed by atoms with E-state index in [0.29, 0.717) is 0 Å². The lowest BCUT2D eigenvalue weighted by Crippen LogP contribution is -2.68. The number of hydrogen-bond donors (Lipinski definition) is 4. The van der Waals surface area contributed by atoms with E-state index in [2.05, 4.69) is 13.7 Å². The van der Waals surface area contributed by atoms with Gasteiger partial charge in [0.25, 0.3) is 0 Å². The standard InChI is InChI=1S/C22H33NO21S2/c1-8(24)23-15-18(39-10(3)26)16(13(42-21(15)29)6-36-45(30,31)32)44-22-20(41-12(5)28)19(40-11(4)27)17(38-9(2)25)14(43-22)7-37-46(33,34)35/h13-22,29H,6-7H2,1-5H3,(H,23,24)(H,30,31,32)(H,33,34,35)/t13-,14-,15-,16-,17+,18-,19+,20-,21-,22+/m1/s1. The Kier molecular flexibility index (Phi) is 13.7. The fraction of sp³-hybridized carbons (Fsp3) is 0.773. The molecule has 1 amide bonds. The zero-order valence-electron chi connectivity index (χ0n) is 24.7. The highest BCUT2D eigenvalue weighted by atomic mass is 32.3. The summed E-state index contributed by atoms with van der Waals surface area (Å²) >= 11 is 0. The van der Waals surface area contributed by atoms with Crippen LogP contribution in [-0.4, -0.2) is 135 Å². The van der Waals surface area contributed by atoms with Crippen LogP contribution in [0.15, 0.2) is 0 Å². The summed E-state index contributed by atoms with van der Waals surface area (Å²) in [5.74, 6) is -4.98. The Bertz CT molecular complexity index is 1350. The maximum atomic E-state index is 12.1. The fourth-order valence-electron chi connectivity index (χ4n) is 4.50. The minimum Gasteiger partial charge on any atom is -0.457 e. The molecule has 10 atom stereocenters. The van der Waals surface area contributed by atoms with Crippen molar-refractivity contribution < 1.29 is 96.5 Å². The Labute approximate surface area is 261 Å². The largest absolute Gasteiger partial charge is 0.457 e. The fourth-order valence-corrected chi connectivity index (χ4v) is 5.11. The van der Waals surface area contributed by atoms with E-state index in [0.717, 1.165) is 34.6 Å². The molecule has 46 heavy (non-hydrogen) atoms. The smallest absolute Gasteiger partial charge is 0.397 e. The highest BCUT2D eigenvalue weighted by molar-refractivity contribution is 7.81. The predicted molar refractivity (Wildman–Crippen MR) is 139 cm³/mol. The van der Waals surface area contributed by atoms with Crippen molar-refractivity contribution in [2.24, 2.45) is 0 Å². The first-order chi connectivity index (χ1) is 21.1. The lowest BCUT2D eigenvalue weighted by molar-refractivity contribution is -0.346. The van der Waals surface area contributed by atoms with Crippen LogP contribution in [0, 0.1) is 0 Å². The Morgan fingerprint density at radius 3 is 1.48 bits per heavy atom. The molecule has 0 aromatic heterocycles. The van der Waals surface area contributed by atoms with Crippen LogP contribution in [0.4, 0.5) is 0 Å². The van der Waals surface area contributed by atoms with Crippen LogP contribution in [0.5, 0.6) is 0 Å². The zero-order valence-corrected chi connectivity index (χ0v) is 26.3. The lowest BCUT2D eigenvalue weighted by Gasteiger charge is -2.48. The molecule has 2 aliphatic heterocycles. The minimum absolute atomic E-state index is 0.788. The molecule has 0 aromatic carbocycles. The topological polar surface area (TPSA) is 309 Å². The molecule has 2 fully saturated rings. The molecular weight excluding hydrogens is 678 g/mol. The Morgan fingerprint density at radius 1 is 0.630 bits per heavy atom. The second kappa shape index (κ2) is 16.2. The van der Waals surface area contributed by atoms with Crippen molar-refractivity contribution in [3.8, 4) is 0 Å². The van der Waals surface area contributed by atoms with Crippen molar-refractivity contribution in [2.75, 3.05) is 13.2 Å². The van der Waals surface area contributed by atoms with Gasteiger partial charge in [-0.15, -0.1) is 0 Å². The first-order valence-corrected chi connectivity index (χ1v) is 15.6. The molecule has 0 saturated carbocycles. The van der Waals surface area contributed by atoms with Crippen LogP contribution >= 0.6 is 0 Å². The molecule has 0 radical (unpaired) electrons. The van der Waals surface area contributed by atoms with Gasteiger partial charge in [-0.1, -0.05) is 0 Å². The summed E-state index contributed by atoms with van der Waals surface area (Å²) in [5, 5.41) is 12.8. The monoisotopic (exact) mass is 711 g/mol. The van der Waals surface area contributed by atoms with Crippen LogP contribution in [0.3, 0.4) is 0 Å². The van der Waals surface area contributed by atoms with Crippen molar-refractivity contribution in [3.63, 3.8) is 0 Å². The summed E-state index contributed by atoms with van der Waals surface area (Å²) in [4.78, 5) is 60.2. The number of aliphatic hydroxyl groups is 1. The van der Waals surface area contributed by atoms with Crippen molar-refractivity contribution in [3.05, 3.63) is 0 Å². The first kappa shape index (κ1) is 39.1. The van der Waals surface area contributed by atoms with Crippen LogP contribution in [-0.2, 0) is 86.3 Å². The highest BCUT2D eigenvalue weighted by Gasteiger charge is 2.56. The quantitative estimate of drug-likeness (QED) is 0.0825. The van der Waals surface area contributed by atoms with Gasteiger partial charge in [-0.3, -0.25) is 33.1 Å². The van der Waals surface area contributed by atoms with Crippen molar-refractivity contribution in [1.29, 1.82) is 0 Å². The number of hydrogen-bond acceptors (Lipinski definition) is 19. The van der Waals surface area contributed by atoms with Gasteiger partial charge in [0.1, 0.15) is 24.4 Å². The normalized spacial score (nSPS) is 31.7. The number of ether oxygens (including phenoxy) is 7. The maximum absolute atomic E-state index is 12.1. The summed E-state index contributed by atoms with van der Waals surface area (Å²) in [6, 6.07) is -1.64. The van der Waals surface area contributed by atoms with E-state index in [4.69, 9.17) is 42.3 Å². The molecule has 2 saturated heterocycles. The average molecular weight is 712 g/mol. The SMILES string of the molecule is CC(=O)N[C@@H]1[C@@H](OC(C)=O)[C@H](O[C@@H]2O[C@H](COS(=O)(=O)O)[C@H](OC(C)=O)[C@H](OC(C)=O)[C@H]2OC(C)=O)[C@@H](COS(=O)(=O)O)O[C@H]1O. The summed E-state index contributed by atoms with van der Waals surface area (Å²) in [5.41, 5.74) is 0. The Balaban J connectivity index is 2.71. The number of amides is 1. The maximum Gasteiger partial charge on any atom is 0.397 e. The van der Waals surface area contributed by atoms with Gasteiger partial charge >= 0.3 is 44.7 Å². The first-order valence-electron chi connectivity index (χ1n) is 12.9. The van der Waals surface area contributed by atoms with E-state index in [1.165, 1.54) is 0 Å². The molecule has 2 heterocycles. The van der Waals surface area contributed by atoms with Crippen LogP contribution in [0.1, 0.15) is 34.6 Å². The third-order valence-corrected chi connectivity index (χ3v) is 6.76. The van der Waals surface area contributed by atoms with E-state index in [1.807, 2.05) is 0 Å². The van der Waals surface area contributed by atoms with Gasteiger partial charge in [0.15, 0.2) is 37.0 Å². The summed E-state index contributed by atoms with van der Waals surface area (Å²) in [7, 11) is -10.3. The lowest BCUT2D eigenvalue weighted by atomic mass is 9.95. The molecule has 0 unspecified atom stereocenters. The van der Waals surface area contributed by atoms with E-state index in [-0.39, 0.29) is 0 Å². The van der Waals surface area contributed by atoms with Gasteiger partial charge in [-0.2, -0.15) is 16.8 Å². The van der Waals surface area contributed by atoms with Crippen molar-refractivity contribution in [1.82, 2.24) is 5.32 Å². The number of carbonyl (C=O) groups is 5. The second-order valence-corrected chi connectivity index (χ2v) is 11.8. The number of rotatable bonds is 13. The number of carbonyl (C=O) groups excluding carboxylic acids is 5. The van der Waals surface area contributed by atoms with E-state index < -0.39 is 125 Å². The molecule has 264 valence electrons. The van der Waals surface area contributed by atoms with Gasteiger partial charge in [0.05, 0.1) is 13.2 Å². The van der Waals surface area contributed by atoms with Crippen molar-refractivity contribution >= 4 is 50.6 Å². The molecule has 0 aliphatic carbocycles. The molecule has 0 aromatic rings. The molecule has 2 aliphatic rings. The third-order valence-electron chi connectivity index (χ3n) is 5.89. The number of aliphatic hydroxyl groups excluding tert-OH is 1. The third kappa shape index (κ3) is 12.3. The van der Waals surface area contributed by atoms with Gasteiger partial charge in [-0.25, -0.2) is 8.37 Å². The van der Waals surface area contributed by atoms with Gasteiger partial charge in [0, 0.05) is 34.6 Å². The summed E-state index contributed by atoms with van der Waals surface area (Å²) in [6.45, 7) is 2.35. The van der Waals surface area contributed by atoms with E-state index >= 15 is 0 Å². The highest BCUT2D eigenvalue weighted by Crippen LogP contribution is 2.34. The number of esters is 4. The molecular formula is C22H33NO21S2. The zero-order chi connectivity index (χ0) is 35.1. The van der Waals surface area contributed by atoms with Gasteiger partial charge in [0.2, 0.25) is 5.91 Å². The van der Waals surface area contributed by atoms with E-state index in [1.54, 1.807) is 0 Å². The van der Waals surface area contributed by atoms with Gasteiger partial charge < -0.3 is 43.6 Å². The summed E-state index contributed by atoms with van der Waals surface area (Å²) in [6.07, 6.45) is -17.0. The molecule has 2 rings (SSSR count). The van der Waals surface area contributed by atoms with Crippen molar-refractivity contribution in [2.45, 2.75) is 96.0 Å². The molecule has 22 nitrogen and oxygen atoms in total. The molecule has 0 spiro atoms.